The van der Waals surface area contributed by atoms with Crippen LogP contribution in [0.25, 0.3) is 22.3 Å². The molecule has 38 heavy (non-hydrogen) atoms. The van der Waals surface area contributed by atoms with Gasteiger partial charge in [-0.2, -0.15) is 0 Å². The van der Waals surface area contributed by atoms with Gasteiger partial charge in [0.05, 0.1) is 0 Å². The van der Waals surface area contributed by atoms with Crippen molar-refractivity contribution in [3.63, 3.8) is 0 Å². The Kier molecular flexibility index (Phi) is 7.33. The molecular formula is C35H30BrClO. The van der Waals surface area contributed by atoms with Crippen molar-refractivity contribution in [3.05, 3.63) is 153 Å². The molecule has 3 heteroatoms. The fraction of sp³-hybridized carbons (Fsp3) is 0.143. The second-order valence-corrected chi connectivity index (χ2v) is 12.0. The van der Waals surface area contributed by atoms with Crippen LogP contribution < -0.4 is 0 Å². The van der Waals surface area contributed by atoms with Gasteiger partial charge >= 0.3 is 0 Å². The van der Waals surface area contributed by atoms with Gasteiger partial charge in [-0.05, 0) is 74.7 Å². The SMILES string of the molecule is CC(C)(C)c1ccc(-c2cc(Br)cc(-c3ccc(Cl)cc3C(O)(c3ccccc3)c3ccccc3)c2)cc1. The summed E-state index contributed by atoms with van der Waals surface area (Å²) in [5.74, 6) is 0. The van der Waals surface area contributed by atoms with Crippen LogP contribution in [0.5, 0.6) is 0 Å². The van der Waals surface area contributed by atoms with Crippen LogP contribution in [0.3, 0.4) is 0 Å². The van der Waals surface area contributed by atoms with Gasteiger partial charge < -0.3 is 5.11 Å². The number of aliphatic hydroxyl groups is 1. The monoisotopic (exact) mass is 580 g/mol. The van der Waals surface area contributed by atoms with Crippen molar-refractivity contribution in [2.75, 3.05) is 0 Å². The summed E-state index contributed by atoms with van der Waals surface area (Å²) in [5, 5.41) is 13.2. The average Bonchev–Trinajstić information content (AvgIpc) is 2.93. The molecule has 5 aromatic carbocycles. The third-order valence-corrected chi connectivity index (χ3v) is 7.74. The van der Waals surface area contributed by atoms with Crippen molar-refractivity contribution in [1.82, 2.24) is 0 Å². The second kappa shape index (κ2) is 10.5. The number of hydrogen-bond acceptors (Lipinski definition) is 1. The topological polar surface area (TPSA) is 20.2 Å². The van der Waals surface area contributed by atoms with E-state index in [0.717, 1.165) is 43.4 Å². The van der Waals surface area contributed by atoms with Gasteiger partial charge in [0.25, 0.3) is 0 Å². The Hall–Kier alpha value is -3.17. The third kappa shape index (κ3) is 5.22. The molecule has 0 heterocycles. The van der Waals surface area contributed by atoms with Gasteiger partial charge in [0.2, 0.25) is 0 Å². The molecule has 0 radical (unpaired) electrons. The van der Waals surface area contributed by atoms with Crippen molar-refractivity contribution in [3.8, 4) is 22.3 Å². The Morgan fingerprint density at radius 3 is 1.68 bits per heavy atom. The number of halogens is 2. The van der Waals surface area contributed by atoms with Crippen molar-refractivity contribution in [2.24, 2.45) is 0 Å². The zero-order valence-corrected chi connectivity index (χ0v) is 24.1. The van der Waals surface area contributed by atoms with Crippen molar-refractivity contribution < 1.29 is 5.11 Å². The van der Waals surface area contributed by atoms with E-state index in [4.69, 9.17) is 11.6 Å². The molecular weight excluding hydrogens is 552 g/mol. The summed E-state index contributed by atoms with van der Waals surface area (Å²) < 4.78 is 0.966. The Morgan fingerprint density at radius 1 is 0.579 bits per heavy atom. The van der Waals surface area contributed by atoms with E-state index in [1.54, 1.807) is 0 Å². The summed E-state index contributed by atoms with van der Waals surface area (Å²) in [5.41, 5.74) is 6.42. The first-order chi connectivity index (χ1) is 18.2. The largest absolute Gasteiger partial charge is 0.376 e. The maximum absolute atomic E-state index is 12.6. The van der Waals surface area contributed by atoms with Crippen LogP contribution in [0, 0.1) is 0 Å². The van der Waals surface area contributed by atoms with Crippen LogP contribution in [-0.2, 0) is 11.0 Å². The molecule has 0 aliphatic heterocycles. The molecule has 0 atom stereocenters. The van der Waals surface area contributed by atoms with Crippen LogP contribution in [-0.4, -0.2) is 5.11 Å². The van der Waals surface area contributed by atoms with E-state index >= 15 is 0 Å². The maximum atomic E-state index is 12.6. The van der Waals surface area contributed by atoms with Gasteiger partial charge in [0.15, 0.2) is 0 Å². The predicted octanol–water partition coefficient (Wildman–Crippen LogP) is 10.0. The number of benzene rings is 5. The molecule has 0 aliphatic carbocycles. The molecule has 1 nitrogen and oxygen atoms in total. The van der Waals surface area contributed by atoms with Crippen LogP contribution >= 0.6 is 27.5 Å². The summed E-state index contributed by atoms with van der Waals surface area (Å²) in [7, 11) is 0. The van der Waals surface area contributed by atoms with E-state index in [1.807, 2.05) is 78.9 Å². The van der Waals surface area contributed by atoms with Gasteiger partial charge in [0.1, 0.15) is 5.60 Å². The van der Waals surface area contributed by atoms with Gasteiger partial charge in [-0.1, -0.05) is 139 Å². The van der Waals surface area contributed by atoms with Gasteiger partial charge in [-0.25, -0.2) is 0 Å². The lowest BCUT2D eigenvalue weighted by Gasteiger charge is -2.32. The fourth-order valence-electron chi connectivity index (χ4n) is 4.98. The van der Waals surface area contributed by atoms with Crippen LogP contribution in [0.15, 0.2) is 126 Å². The zero-order chi connectivity index (χ0) is 26.9. The van der Waals surface area contributed by atoms with Crippen LogP contribution in [0.2, 0.25) is 5.02 Å². The molecule has 5 aromatic rings. The molecule has 0 saturated heterocycles. The van der Waals surface area contributed by atoms with Crippen molar-refractivity contribution in [2.45, 2.75) is 31.8 Å². The van der Waals surface area contributed by atoms with E-state index in [0.29, 0.717) is 5.02 Å². The van der Waals surface area contributed by atoms with Crippen molar-refractivity contribution >= 4 is 27.5 Å². The summed E-state index contributed by atoms with van der Waals surface area (Å²) in [6, 6.07) is 40.5. The van der Waals surface area contributed by atoms with Gasteiger partial charge in [-0.3, -0.25) is 0 Å². The first-order valence-corrected chi connectivity index (χ1v) is 13.9. The van der Waals surface area contributed by atoms with Crippen LogP contribution in [0.1, 0.15) is 43.0 Å². The van der Waals surface area contributed by atoms with Crippen LogP contribution in [0.4, 0.5) is 0 Å². The molecule has 5 rings (SSSR count). The van der Waals surface area contributed by atoms with Crippen molar-refractivity contribution in [1.29, 1.82) is 0 Å². The smallest absolute Gasteiger partial charge is 0.141 e. The molecule has 0 aliphatic rings. The Balaban J connectivity index is 1.71. The standard InChI is InChI=1S/C35H30BrClO/c1-34(2,3)27-16-14-24(15-17-27)25-20-26(22-30(36)21-25)32-19-18-31(37)23-33(32)35(38,28-10-6-4-7-11-28)29-12-8-5-9-13-29/h4-23,38H,1-3H3. The molecule has 0 unspecified atom stereocenters. The Labute approximate surface area is 238 Å². The molecule has 0 aromatic heterocycles. The quantitative estimate of drug-likeness (QED) is 0.205. The fourth-order valence-corrected chi connectivity index (χ4v) is 5.64. The minimum Gasteiger partial charge on any atom is -0.376 e. The molecule has 1 N–H and O–H groups in total. The molecule has 0 amide bonds. The molecule has 0 fully saturated rings. The first kappa shape index (κ1) is 26.4. The van der Waals surface area contributed by atoms with E-state index in [9.17, 15) is 5.11 Å². The average molecular weight is 582 g/mol. The number of rotatable bonds is 5. The molecule has 0 spiro atoms. The van der Waals surface area contributed by atoms with E-state index in [1.165, 1.54) is 5.56 Å². The molecule has 190 valence electrons. The summed E-state index contributed by atoms with van der Waals surface area (Å²) in [4.78, 5) is 0. The third-order valence-electron chi connectivity index (χ3n) is 7.05. The normalized spacial score (nSPS) is 11.9. The first-order valence-electron chi connectivity index (χ1n) is 12.7. The minimum absolute atomic E-state index is 0.0957. The lowest BCUT2D eigenvalue weighted by Crippen LogP contribution is -2.29. The predicted molar refractivity (Wildman–Crippen MR) is 164 cm³/mol. The zero-order valence-electron chi connectivity index (χ0n) is 21.8. The lowest BCUT2D eigenvalue weighted by molar-refractivity contribution is 0.126. The maximum Gasteiger partial charge on any atom is 0.141 e. The highest BCUT2D eigenvalue weighted by atomic mass is 79.9. The highest BCUT2D eigenvalue weighted by Gasteiger charge is 2.36. The highest BCUT2D eigenvalue weighted by Crippen LogP contribution is 2.44. The van der Waals surface area contributed by atoms with E-state index < -0.39 is 5.60 Å². The summed E-state index contributed by atoms with van der Waals surface area (Å²) >= 11 is 10.3. The van der Waals surface area contributed by atoms with E-state index in [-0.39, 0.29) is 5.41 Å². The summed E-state index contributed by atoms with van der Waals surface area (Å²) in [6.07, 6.45) is 0. The molecule has 0 bridgehead atoms. The Morgan fingerprint density at radius 2 is 1.13 bits per heavy atom. The Bertz CT molecular complexity index is 1510. The molecule has 0 saturated carbocycles. The minimum atomic E-state index is -1.40. The second-order valence-electron chi connectivity index (χ2n) is 10.7. The lowest BCUT2D eigenvalue weighted by atomic mass is 9.77. The highest BCUT2D eigenvalue weighted by molar-refractivity contribution is 9.10. The van der Waals surface area contributed by atoms with E-state index in [2.05, 4.69) is 79.2 Å². The van der Waals surface area contributed by atoms with Gasteiger partial charge in [-0.15, -0.1) is 0 Å². The van der Waals surface area contributed by atoms with Gasteiger partial charge in [0, 0.05) is 15.1 Å². The summed E-state index contributed by atoms with van der Waals surface area (Å²) in [6.45, 7) is 6.67. The number of hydrogen-bond donors (Lipinski definition) is 1.